The first-order valence-corrected chi connectivity index (χ1v) is 12.3. The van der Waals surface area contributed by atoms with Crippen LogP contribution >= 0.6 is 0 Å². The van der Waals surface area contributed by atoms with Crippen molar-refractivity contribution in [3.63, 3.8) is 0 Å². The Balaban J connectivity index is 1.90. The molecule has 2 aromatic heterocycles. The molecule has 1 aliphatic carbocycles. The molecule has 0 unspecified atom stereocenters. The normalized spacial score (nSPS) is 15.3. The van der Waals surface area contributed by atoms with Crippen LogP contribution in [0.4, 0.5) is 0 Å². The summed E-state index contributed by atoms with van der Waals surface area (Å²) >= 11 is 0. The van der Waals surface area contributed by atoms with Crippen molar-refractivity contribution < 1.29 is 4.42 Å². The second-order valence-corrected chi connectivity index (χ2v) is 12.6. The van der Waals surface area contributed by atoms with E-state index >= 15 is 0 Å². The number of hydrogen-bond donors (Lipinski definition) is 0. The lowest BCUT2D eigenvalue weighted by atomic mass is 9.74. The first-order chi connectivity index (χ1) is 15.9. The lowest BCUT2D eigenvalue weighted by Crippen LogP contribution is -2.20. The van der Waals surface area contributed by atoms with Gasteiger partial charge in [0, 0.05) is 33.7 Å². The fraction of sp³-hybridized carbons (Fsp3) is 0.344. The number of benzene rings is 3. The van der Waals surface area contributed by atoms with Gasteiger partial charge in [0.25, 0.3) is 0 Å². The zero-order valence-corrected chi connectivity index (χ0v) is 21.6. The maximum atomic E-state index is 6.88. The van der Waals surface area contributed by atoms with Crippen LogP contribution < -0.4 is 0 Å². The fourth-order valence-corrected chi connectivity index (χ4v) is 5.82. The largest absolute Gasteiger partial charge is 0.455 e. The maximum Gasteiger partial charge on any atom is 0.142 e. The van der Waals surface area contributed by atoms with Crippen LogP contribution in [0.5, 0.6) is 0 Å². The minimum Gasteiger partial charge on any atom is -0.455 e. The molecule has 2 nitrogen and oxygen atoms in total. The molecule has 3 aromatic carbocycles. The Morgan fingerprint density at radius 1 is 0.706 bits per heavy atom. The highest BCUT2D eigenvalue weighted by Crippen LogP contribution is 2.52. The molecule has 0 bridgehead atoms. The predicted molar refractivity (Wildman–Crippen MR) is 144 cm³/mol. The summed E-state index contributed by atoms with van der Waals surface area (Å²) in [5, 5.41) is 4.92. The molecule has 0 radical (unpaired) electrons. The van der Waals surface area contributed by atoms with Crippen molar-refractivity contribution in [1.29, 1.82) is 0 Å². The molecule has 0 fully saturated rings. The molecule has 0 aliphatic heterocycles. The first-order valence-electron chi connectivity index (χ1n) is 12.3. The van der Waals surface area contributed by atoms with Gasteiger partial charge in [0.2, 0.25) is 0 Å². The van der Waals surface area contributed by atoms with Gasteiger partial charge in [-0.25, -0.2) is 0 Å². The van der Waals surface area contributed by atoms with Gasteiger partial charge in [-0.1, -0.05) is 91.8 Å². The van der Waals surface area contributed by atoms with E-state index in [1.807, 2.05) is 6.20 Å². The van der Waals surface area contributed by atoms with Gasteiger partial charge in [-0.05, 0) is 44.9 Å². The van der Waals surface area contributed by atoms with E-state index < -0.39 is 0 Å². The molecule has 0 atom stereocenters. The summed E-state index contributed by atoms with van der Waals surface area (Å²) in [5.41, 5.74) is 9.01. The van der Waals surface area contributed by atoms with Gasteiger partial charge in [0.15, 0.2) is 0 Å². The third-order valence-electron chi connectivity index (χ3n) is 7.75. The van der Waals surface area contributed by atoms with Crippen molar-refractivity contribution in [3.05, 3.63) is 77.0 Å². The van der Waals surface area contributed by atoms with E-state index in [2.05, 4.69) is 104 Å². The number of rotatable bonds is 0. The van der Waals surface area contributed by atoms with Crippen LogP contribution in [0.3, 0.4) is 0 Å². The molecular formula is C32H33NO. The Labute approximate surface area is 202 Å². The minimum atomic E-state index is -0.201. The van der Waals surface area contributed by atoms with E-state index in [1.54, 1.807) is 0 Å². The van der Waals surface area contributed by atoms with E-state index in [1.165, 1.54) is 43.8 Å². The zero-order chi connectivity index (χ0) is 24.2. The van der Waals surface area contributed by atoms with Gasteiger partial charge in [-0.2, -0.15) is 0 Å². The van der Waals surface area contributed by atoms with Crippen molar-refractivity contribution in [2.24, 2.45) is 0 Å². The van der Waals surface area contributed by atoms with Crippen molar-refractivity contribution >= 4 is 32.7 Å². The van der Waals surface area contributed by atoms with Crippen LogP contribution in [-0.2, 0) is 16.2 Å². The molecule has 34 heavy (non-hydrogen) atoms. The van der Waals surface area contributed by atoms with Gasteiger partial charge < -0.3 is 4.42 Å². The number of nitrogens with zero attached hydrogens (tertiary/aromatic N) is 1. The second kappa shape index (κ2) is 6.50. The van der Waals surface area contributed by atoms with Crippen LogP contribution in [-0.4, -0.2) is 4.98 Å². The monoisotopic (exact) mass is 447 g/mol. The number of pyridine rings is 1. The quantitative estimate of drug-likeness (QED) is 0.237. The molecule has 172 valence electrons. The summed E-state index contributed by atoms with van der Waals surface area (Å²) in [5.74, 6) is 0. The van der Waals surface area contributed by atoms with E-state index in [0.717, 1.165) is 22.4 Å². The summed E-state index contributed by atoms with van der Waals surface area (Å²) < 4.78 is 6.88. The molecule has 6 rings (SSSR count). The SMILES string of the molecule is CC(C)(C)c1ccc2c3c1oc1c(C(C)(C)C)cnc(c13)-c1cc3ccccc3cc1C2(C)C. The third-order valence-corrected chi connectivity index (χ3v) is 7.75. The third kappa shape index (κ3) is 2.78. The lowest BCUT2D eigenvalue weighted by Gasteiger charge is -2.29. The Bertz CT molecular complexity index is 1630. The molecule has 0 amide bonds. The highest BCUT2D eigenvalue weighted by atomic mass is 16.3. The van der Waals surface area contributed by atoms with Crippen LogP contribution in [0, 0.1) is 0 Å². The van der Waals surface area contributed by atoms with Crippen molar-refractivity contribution in [3.8, 4) is 11.3 Å². The van der Waals surface area contributed by atoms with Crippen LogP contribution in [0.25, 0.3) is 44.0 Å². The smallest absolute Gasteiger partial charge is 0.142 e. The molecule has 5 aromatic rings. The standard InChI is InChI=1S/C32H33NO/c1-30(2,3)22-14-13-21-25-26-27(33-17-24(31(4,5)6)29(26)34-28(22)25)20-15-18-11-9-10-12-19(18)16-23(20)32(21,7)8/h9-17H,1-8H3. The number of furan rings is 1. The van der Waals surface area contributed by atoms with E-state index in [-0.39, 0.29) is 16.2 Å². The maximum absolute atomic E-state index is 6.88. The highest BCUT2D eigenvalue weighted by Gasteiger charge is 2.37. The summed E-state index contributed by atoms with van der Waals surface area (Å²) in [7, 11) is 0. The zero-order valence-electron chi connectivity index (χ0n) is 21.6. The topological polar surface area (TPSA) is 26.0 Å². The van der Waals surface area contributed by atoms with Crippen LogP contribution in [0.15, 0.2) is 59.1 Å². The molecule has 0 saturated carbocycles. The average molecular weight is 448 g/mol. The summed E-state index contributed by atoms with van der Waals surface area (Å²) in [6.07, 6.45) is 2.05. The minimum absolute atomic E-state index is 0.0279. The molecular weight excluding hydrogens is 414 g/mol. The molecule has 2 heterocycles. The Hall–Kier alpha value is -3.13. The van der Waals surface area contributed by atoms with Gasteiger partial charge in [0.1, 0.15) is 11.2 Å². The van der Waals surface area contributed by atoms with Gasteiger partial charge in [0.05, 0.1) is 11.1 Å². The molecule has 2 heteroatoms. The first kappa shape index (κ1) is 21.4. The van der Waals surface area contributed by atoms with E-state index in [0.29, 0.717) is 0 Å². The summed E-state index contributed by atoms with van der Waals surface area (Å²) in [6, 6.07) is 18.0. The molecule has 1 aliphatic rings. The fourth-order valence-electron chi connectivity index (χ4n) is 5.82. The number of fused-ring (bicyclic) bond motifs is 3. The second-order valence-electron chi connectivity index (χ2n) is 12.6. The van der Waals surface area contributed by atoms with Crippen LogP contribution in [0.2, 0.25) is 0 Å². The summed E-state index contributed by atoms with van der Waals surface area (Å²) in [4.78, 5) is 5.16. The van der Waals surface area contributed by atoms with Gasteiger partial charge in [-0.15, -0.1) is 0 Å². The highest BCUT2D eigenvalue weighted by molar-refractivity contribution is 6.17. The predicted octanol–water partition coefficient (Wildman–Crippen LogP) is 9.04. The Kier molecular flexibility index (Phi) is 4.09. The van der Waals surface area contributed by atoms with Crippen molar-refractivity contribution in [1.82, 2.24) is 4.98 Å². The van der Waals surface area contributed by atoms with Gasteiger partial charge in [-0.3, -0.25) is 4.98 Å². The summed E-state index contributed by atoms with van der Waals surface area (Å²) in [6.45, 7) is 18.2. The Morgan fingerprint density at radius 2 is 1.32 bits per heavy atom. The van der Waals surface area contributed by atoms with Crippen molar-refractivity contribution in [2.45, 2.75) is 71.6 Å². The number of hydrogen-bond acceptors (Lipinski definition) is 2. The molecule has 0 spiro atoms. The average Bonchev–Trinajstić information content (AvgIpc) is 3.12. The van der Waals surface area contributed by atoms with Crippen molar-refractivity contribution in [2.75, 3.05) is 0 Å². The Morgan fingerprint density at radius 3 is 1.97 bits per heavy atom. The van der Waals surface area contributed by atoms with E-state index in [9.17, 15) is 0 Å². The lowest BCUT2D eigenvalue weighted by molar-refractivity contribution is 0.554. The molecule has 0 saturated heterocycles. The molecule has 0 N–H and O–H groups in total. The van der Waals surface area contributed by atoms with Crippen LogP contribution in [0.1, 0.15) is 77.6 Å². The van der Waals surface area contributed by atoms with Gasteiger partial charge >= 0.3 is 0 Å². The van der Waals surface area contributed by atoms with E-state index in [4.69, 9.17) is 9.40 Å². The number of aromatic nitrogens is 1.